The molecule has 0 bridgehead atoms. The number of nitrogen functional groups attached to an aromatic ring is 1. The Morgan fingerprint density at radius 1 is 1.44 bits per heavy atom. The van der Waals surface area contributed by atoms with E-state index in [1.165, 1.54) is 6.42 Å². The molecule has 1 atom stereocenters. The zero-order valence-corrected chi connectivity index (χ0v) is 9.95. The molecule has 16 heavy (non-hydrogen) atoms. The van der Waals surface area contributed by atoms with Gasteiger partial charge in [0, 0.05) is 11.6 Å². The van der Waals surface area contributed by atoms with Gasteiger partial charge in [-0.05, 0) is 37.5 Å². The van der Waals surface area contributed by atoms with E-state index in [2.05, 4.69) is 4.90 Å². The van der Waals surface area contributed by atoms with Crippen LogP contribution in [0.1, 0.15) is 19.3 Å². The summed E-state index contributed by atoms with van der Waals surface area (Å²) in [6.45, 7) is 1.11. The van der Waals surface area contributed by atoms with Gasteiger partial charge in [-0.1, -0.05) is 11.6 Å². The van der Waals surface area contributed by atoms with E-state index in [9.17, 15) is 5.11 Å². The van der Waals surface area contributed by atoms with Gasteiger partial charge >= 0.3 is 0 Å². The molecule has 1 aliphatic rings. The summed E-state index contributed by atoms with van der Waals surface area (Å²) in [7, 11) is 0. The van der Waals surface area contributed by atoms with Crippen LogP contribution < -0.4 is 10.6 Å². The van der Waals surface area contributed by atoms with Crippen molar-refractivity contribution in [2.24, 2.45) is 0 Å². The van der Waals surface area contributed by atoms with Gasteiger partial charge in [-0.2, -0.15) is 0 Å². The third kappa shape index (κ3) is 2.25. The van der Waals surface area contributed by atoms with Crippen LogP contribution in [0.25, 0.3) is 0 Å². The molecule has 0 aromatic heterocycles. The molecule has 0 amide bonds. The van der Waals surface area contributed by atoms with E-state index in [0.717, 1.165) is 30.8 Å². The Morgan fingerprint density at radius 2 is 2.25 bits per heavy atom. The number of piperidine rings is 1. The fourth-order valence-corrected chi connectivity index (χ4v) is 2.44. The summed E-state index contributed by atoms with van der Waals surface area (Å²) in [4.78, 5) is 2.17. The molecule has 88 valence electrons. The van der Waals surface area contributed by atoms with Crippen molar-refractivity contribution in [1.29, 1.82) is 0 Å². The summed E-state index contributed by atoms with van der Waals surface area (Å²) in [5.41, 5.74) is 7.63. The lowest BCUT2D eigenvalue weighted by Crippen LogP contribution is -2.42. The van der Waals surface area contributed by atoms with Gasteiger partial charge in [-0.25, -0.2) is 0 Å². The molecule has 3 N–H and O–H groups in total. The van der Waals surface area contributed by atoms with Gasteiger partial charge in [0.25, 0.3) is 0 Å². The largest absolute Gasteiger partial charge is 0.397 e. The molecule has 0 radical (unpaired) electrons. The molecule has 1 aromatic rings. The average molecular weight is 241 g/mol. The van der Waals surface area contributed by atoms with Gasteiger partial charge in [0.15, 0.2) is 0 Å². The second kappa shape index (κ2) is 4.93. The highest BCUT2D eigenvalue weighted by molar-refractivity contribution is 6.31. The Bertz CT molecular complexity index is 370. The molecule has 0 spiro atoms. The SMILES string of the molecule is Nc1ccc(Cl)cc1N1CCCCC1CO. The van der Waals surface area contributed by atoms with Crippen molar-refractivity contribution in [2.75, 3.05) is 23.8 Å². The minimum Gasteiger partial charge on any atom is -0.397 e. The highest BCUT2D eigenvalue weighted by atomic mass is 35.5. The molecular weight excluding hydrogens is 224 g/mol. The molecule has 1 fully saturated rings. The first-order chi connectivity index (χ1) is 7.72. The number of nitrogens with zero attached hydrogens (tertiary/aromatic N) is 1. The van der Waals surface area contributed by atoms with Crippen molar-refractivity contribution in [3.05, 3.63) is 23.2 Å². The van der Waals surface area contributed by atoms with Crippen LogP contribution in [0, 0.1) is 0 Å². The first kappa shape index (κ1) is 11.6. The molecule has 1 aliphatic heterocycles. The maximum atomic E-state index is 9.37. The lowest BCUT2D eigenvalue weighted by atomic mass is 10.0. The normalized spacial score (nSPS) is 21.1. The molecule has 1 saturated heterocycles. The van der Waals surface area contributed by atoms with Gasteiger partial charge in [-0.15, -0.1) is 0 Å². The molecule has 1 aromatic carbocycles. The third-order valence-corrected chi connectivity index (χ3v) is 3.37. The van der Waals surface area contributed by atoms with Crippen LogP contribution >= 0.6 is 11.6 Å². The standard InChI is InChI=1S/C12H17ClN2O/c13-9-4-5-11(14)12(7-9)15-6-2-1-3-10(15)8-16/h4-5,7,10,16H,1-3,6,8,14H2. The molecule has 2 rings (SSSR count). The number of hydrogen-bond donors (Lipinski definition) is 2. The van der Waals surface area contributed by atoms with E-state index >= 15 is 0 Å². The zero-order chi connectivity index (χ0) is 11.5. The first-order valence-corrected chi connectivity index (χ1v) is 6.02. The number of aliphatic hydroxyl groups is 1. The predicted octanol–water partition coefficient (Wildman–Crippen LogP) is 2.27. The molecule has 3 nitrogen and oxygen atoms in total. The van der Waals surface area contributed by atoms with E-state index in [1.54, 1.807) is 6.07 Å². The third-order valence-electron chi connectivity index (χ3n) is 3.14. The van der Waals surface area contributed by atoms with Crippen molar-refractivity contribution in [3.63, 3.8) is 0 Å². The number of aliphatic hydroxyl groups excluding tert-OH is 1. The van der Waals surface area contributed by atoms with Crippen molar-refractivity contribution in [2.45, 2.75) is 25.3 Å². The number of halogens is 1. The number of nitrogens with two attached hydrogens (primary N) is 1. The Labute approximate surface area is 101 Å². The highest BCUT2D eigenvalue weighted by Gasteiger charge is 2.23. The Balaban J connectivity index is 2.30. The summed E-state index contributed by atoms with van der Waals surface area (Å²) in [6.07, 6.45) is 3.33. The van der Waals surface area contributed by atoms with Crippen molar-refractivity contribution in [3.8, 4) is 0 Å². The fraction of sp³-hybridized carbons (Fsp3) is 0.500. The summed E-state index contributed by atoms with van der Waals surface area (Å²) >= 11 is 5.98. The molecule has 0 saturated carbocycles. The monoisotopic (exact) mass is 240 g/mol. The summed E-state index contributed by atoms with van der Waals surface area (Å²) in [5, 5.41) is 10.1. The maximum Gasteiger partial charge on any atom is 0.0635 e. The Morgan fingerprint density at radius 3 is 3.00 bits per heavy atom. The molecule has 1 heterocycles. The minimum atomic E-state index is 0.173. The van der Waals surface area contributed by atoms with Crippen molar-refractivity contribution >= 4 is 23.0 Å². The van der Waals surface area contributed by atoms with E-state index < -0.39 is 0 Å². The predicted molar refractivity (Wildman–Crippen MR) is 67.9 cm³/mol. The van der Waals surface area contributed by atoms with Crippen molar-refractivity contribution < 1.29 is 5.11 Å². The van der Waals surface area contributed by atoms with E-state index in [1.807, 2.05) is 12.1 Å². The topological polar surface area (TPSA) is 49.5 Å². The second-order valence-corrected chi connectivity index (χ2v) is 4.67. The lowest BCUT2D eigenvalue weighted by Gasteiger charge is -2.37. The van der Waals surface area contributed by atoms with E-state index in [4.69, 9.17) is 17.3 Å². The van der Waals surface area contributed by atoms with Crippen LogP contribution in [0.4, 0.5) is 11.4 Å². The van der Waals surface area contributed by atoms with Crippen LogP contribution in [0.5, 0.6) is 0 Å². The minimum absolute atomic E-state index is 0.173. The molecule has 0 aliphatic carbocycles. The van der Waals surface area contributed by atoms with Gasteiger partial charge in [0.05, 0.1) is 24.0 Å². The molecule has 1 unspecified atom stereocenters. The summed E-state index contributed by atoms with van der Waals surface area (Å²) in [6, 6.07) is 5.67. The Hall–Kier alpha value is -0.930. The zero-order valence-electron chi connectivity index (χ0n) is 9.19. The maximum absolute atomic E-state index is 9.37. The average Bonchev–Trinajstić information content (AvgIpc) is 2.32. The Kier molecular flexibility index (Phi) is 3.56. The van der Waals surface area contributed by atoms with Crippen molar-refractivity contribution in [1.82, 2.24) is 0 Å². The smallest absolute Gasteiger partial charge is 0.0635 e. The van der Waals surface area contributed by atoms with Crippen LogP contribution in [-0.2, 0) is 0 Å². The number of rotatable bonds is 2. The number of benzene rings is 1. The van der Waals surface area contributed by atoms with Crippen LogP contribution in [0.2, 0.25) is 5.02 Å². The quantitative estimate of drug-likeness (QED) is 0.780. The summed E-state index contributed by atoms with van der Waals surface area (Å²) in [5.74, 6) is 0. The second-order valence-electron chi connectivity index (χ2n) is 4.23. The number of hydrogen-bond acceptors (Lipinski definition) is 3. The van der Waals surface area contributed by atoms with Gasteiger partial charge < -0.3 is 15.7 Å². The van der Waals surface area contributed by atoms with Gasteiger partial charge in [0.2, 0.25) is 0 Å². The molecule has 4 heteroatoms. The van der Waals surface area contributed by atoms with Crippen LogP contribution in [0.15, 0.2) is 18.2 Å². The number of anilines is 2. The highest BCUT2D eigenvalue weighted by Crippen LogP contribution is 2.31. The van der Waals surface area contributed by atoms with Crippen LogP contribution in [-0.4, -0.2) is 24.3 Å². The molecular formula is C12H17ClN2O. The van der Waals surface area contributed by atoms with Crippen LogP contribution in [0.3, 0.4) is 0 Å². The lowest BCUT2D eigenvalue weighted by molar-refractivity contribution is 0.240. The summed E-state index contributed by atoms with van der Waals surface area (Å²) < 4.78 is 0. The van der Waals surface area contributed by atoms with Gasteiger partial charge in [0.1, 0.15) is 0 Å². The van der Waals surface area contributed by atoms with E-state index in [0.29, 0.717) is 5.02 Å². The first-order valence-electron chi connectivity index (χ1n) is 5.65. The fourth-order valence-electron chi connectivity index (χ4n) is 2.27. The van der Waals surface area contributed by atoms with E-state index in [-0.39, 0.29) is 12.6 Å². The van der Waals surface area contributed by atoms with Gasteiger partial charge in [-0.3, -0.25) is 0 Å².